The van der Waals surface area contributed by atoms with Crippen LogP contribution in [0.3, 0.4) is 0 Å². The van der Waals surface area contributed by atoms with Crippen LogP contribution >= 0.6 is 12.4 Å². The van der Waals surface area contributed by atoms with Gasteiger partial charge in [-0.15, -0.1) is 12.4 Å². The summed E-state index contributed by atoms with van der Waals surface area (Å²) in [6.07, 6.45) is 2.77. The lowest BCUT2D eigenvalue weighted by Gasteiger charge is -2.40. The lowest BCUT2D eigenvalue weighted by atomic mass is 9.98. The van der Waals surface area contributed by atoms with Crippen molar-refractivity contribution in [2.24, 2.45) is 5.92 Å². The average Bonchev–Trinajstić information content (AvgIpc) is 2.86. The van der Waals surface area contributed by atoms with E-state index in [2.05, 4.69) is 18.7 Å². The van der Waals surface area contributed by atoms with E-state index < -0.39 is 0 Å². The predicted molar refractivity (Wildman–Crippen MR) is 56.4 cm³/mol. The standard InChI is InChI=1S/C10H19NO.ClH/c1-3-11-6-7-12-10(2,8-11)9-4-5-9;/h9H,3-8H2,1-2H3;1H. The van der Waals surface area contributed by atoms with Gasteiger partial charge in [0.15, 0.2) is 0 Å². The summed E-state index contributed by atoms with van der Waals surface area (Å²) in [5.41, 5.74) is 0.189. The third-order valence-electron chi connectivity index (χ3n) is 3.27. The van der Waals surface area contributed by atoms with Crippen LogP contribution in [0.5, 0.6) is 0 Å². The predicted octanol–water partition coefficient (Wildman–Crippen LogP) is 1.93. The largest absolute Gasteiger partial charge is 0.372 e. The maximum Gasteiger partial charge on any atom is 0.0809 e. The highest BCUT2D eigenvalue weighted by Crippen LogP contribution is 2.43. The van der Waals surface area contributed by atoms with Crippen LogP contribution in [0.25, 0.3) is 0 Å². The minimum absolute atomic E-state index is 0. The van der Waals surface area contributed by atoms with Crippen LogP contribution in [-0.2, 0) is 4.74 Å². The summed E-state index contributed by atoms with van der Waals surface area (Å²) < 4.78 is 5.88. The Balaban J connectivity index is 0.000000845. The first-order valence-corrected chi connectivity index (χ1v) is 5.11. The van der Waals surface area contributed by atoms with Gasteiger partial charge in [0.05, 0.1) is 12.2 Å². The number of hydrogen-bond donors (Lipinski definition) is 0. The number of ether oxygens (including phenoxy) is 1. The van der Waals surface area contributed by atoms with E-state index in [1.165, 1.54) is 19.4 Å². The van der Waals surface area contributed by atoms with Crippen molar-refractivity contribution in [1.29, 1.82) is 0 Å². The Morgan fingerprint density at radius 1 is 1.46 bits per heavy atom. The molecule has 1 saturated carbocycles. The second-order valence-electron chi connectivity index (χ2n) is 4.30. The zero-order chi connectivity index (χ0) is 8.60. The molecule has 1 aliphatic heterocycles. The second-order valence-corrected chi connectivity index (χ2v) is 4.30. The van der Waals surface area contributed by atoms with Gasteiger partial charge in [0, 0.05) is 13.1 Å². The molecule has 2 aliphatic rings. The summed E-state index contributed by atoms with van der Waals surface area (Å²) in [4.78, 5) is 2.50. The van der Waals surface area contributed by atoms with Gasteiger partial charge in [0.25, 0.3) is 0 Å². The van der Waals surface area contributed by atoms with E-state index in [1.54, 1.807) is 0 Å². The fourth-order valence-corrected chi connectivity index (χ4v) is 2.19. The van der Waals surface area contributed by atoms with Gasteiger partial charge >= 0.3 is 0 Å². The van der Waals surface area contributed by atoms with E-state index >= 15 is 0 Å². The number of nitrogens with zero attached hydrogens (tertiary/aromatic N) is 1. The summed E-state index contributed by atoms with van der Waals surface area (Å²) >= 11 is 0. The van der Waals surface area contributed by atoms with Crippen LogP contribution < -0.4 is 0 Å². The van der Waals surface area contributed by atoms with Gasteiger partial charge in [0.2, 0.25) is 0 Å². The Kier molecular flexibility index (Phi) is 3.61. The summed E-state index contributed by atoms with van der Waals surface area (Å²) in [5, 5.41) is 0. The number of rotatable bonds is 2. The van der Waals surface area contributed by atoms with Crippen LogP contribution in [0.1, 0.15) is 26.7 Å². The number of likely N-dealkylation sites (N-methyl/N-ethyl adjacent to an activating group) is 1. The molecular weight excluding hydrogens is 186 g/mol. The quantitative estimate of drug-likeness (QED) is 0.683. The first-order valence-electron chi connectivity index (χ1n) is 5.11. The van der Waals surface area contributed by atoms with Crippen LogP contribution in [0.4, 0.5) is 0 Å². The molecule has 0 aromatic rings. The lowest BCUT2D eigenvalue weighted by molar-refractivity contribution is -0.109. The van der Waals surface area contributed by atoms with Crippen molar-refractivity contribution in [3.63, 3.8) is 0 Å². The molecule has 0 bridgehead atoms. The van der Waals surface area contributed by atoms with E-state index in [0.29, 0.717) is 0 Å². The molecule has 0 aromatic carbocycles. The SMILES string of the molecule is CCN1CCOC(C)(C2CC2)C1.Cl. The molecule has 1 saturated heterocycles. The molecule has 1 heterocycles. The zero-order valence-electron chi connectivity index (χ0n) is 8.58. The molecule has 0 radical (unpaired) electrons. The first kappa shape index (κ1) is 11.3. The summed E-state index contributed by atoms with van der Waals surface area (Å²) in [6, 6.07) is 0. The van der Waals surface area contributed by atoms with Crippen molar-refractivity contribution in [2.45, 2.75) is 32.3 Å². The molecule has 0 amide bonds. The maximum absolute atomic E-state index is 5.88. The molecule has 2 nitrogen and oxygen atoms in total. The second kappa shape index (κ2) is 4.16. The molecular formula is C10H20ClNO. The molecule has 2 rings (SSSR count). The van der Waals surface area contributed by atoms with Gasteiger partial charge in [-0.2, -0.15) is 0 Å². The van der Waals surface area contributed by atoms with Gasteiger partial charge in [-0.05, 0) is 32.2 Å². The molecule has 0 spiro atoms. The van der Waals surface area contributed by atoms with E-state index in [1.807, 2.05) is 0 Å². The molecule has 0 N–H and O–H groups in total. The van der Waals surface area contributed by atoms with Crippen LogP contribution in [0.2, 0.25) is 0 Å². The van der Waals surface area contributed by atoms with Crippen LogP contribution in [0, 0.1) is 5.92 Å². The monoisotopic (exact) mass is 205 g/mol. The van der Waals surface area contributed by atoms with Gasteiger partial charge in [-0.1, -0.05) is 6.92 Å². The minimum Gasteiger partial charge on any atom is -0.372 e. The third kappa shape index (κ3) is 2.36. The fourth-order valence-electron chi connectivity index (χ4n) is 2.19. The van der Waals surface area contributed by atoms with E-state index in [4.69, 9.17) is 4.74 Å². The topological polar surface area (TPSA) is 12.5 Å². The van der Waals surface area contributed by atoms with Gasteiger partial charge in [-0.3, -0.25) is 4.90 Å². The number of halogens is 1. The molecule has 2 fully saturated rings. The lowest BCUT2D eigenvalue weighted by Crippen LogP contribution is -2.51. The molecule has 3 heteroatoms. The van der Waals surface area contributed by atoms with Crippen LogP contribution in [0.15, 0.2) is 0 Å². The summed E-state index contributed by atoms with van der Waals surface area (Å²) in [5.74, 6) is 0.854. The zero-order valence-corrected chi connectivity index (χ0v) is 9.40. The van der Waals surface area contributed by atoms with Crippen molar-refractivity contribution in [3.05, 3.63) is 0 Å². The molecule has 1 aliphatic carbocycles. The molecule has 78 valence electrons. The van der Waals surface area contributed by atoms with E-state index in [-0.39, 0.29) is 18.0 Å². The highest BCUT2D eigenvalue weighted by atomic mass is 35.5. The Morgan fingerprint density at radius 2 is 2.15 bits per heavy atom. The molecule has 1 unspecified atom stereocenters. The van der Waals surface area contributed by atoms with Crippen LogP contribution in [-0.4, -0.2) is 36.7 Å². The van der Waals surface area contributed by atoms with Gasteiger partial charge in [-0.25, -0.2) is 0 Å². The average molecular weight is 206 g/mol. The summed E-state index contributed by atoms with van der Waals surface area (Å²) in [6.45, 7) is 8.89. The Bertz CT molecular complexity index is 172. The van der Waals surface area contributed by atoms with Gasteiger partial charge < -0.3 is 4.74 Å². The highest BCUT2D eigenvalue weighted by molar-refractivity contribution is 5.85. The minimum atomic E-state index is 0. The normalized spacial score (nSPS) is 35.5. The number of morpholine rings is 1. The van der Waals surface area contributed by atoms with E-state index in [9.17, 15) is 0 Å². The summed E-state index contributed by atoms with van der Waals surface area (Å²) in [7, 11) is 0. The Labute approximate surface area is 87.0 Å². The molecule has 1 atom stereocenters. The van der Waals surface area contributed by atoms with E-state index in [0.717, 1.165) is 25.6 Å². The fraction of sp³-hybridized carbons (Fsp3) is 1.00. The van der Waals surface area contributed by atoms with Crippen molar-refractivity contribution in [1.82, 2.24) is 4.90 Å². The maximum atomic E-state index is 5.88. The van der Waals surface area contributed by atoms with Crippen molar-refractivity contribution in [3.8, 4) is 0 Å². The third-order valence-corrected chi connectivity index (χ3v) is 3.27. The Hall–Kier alpha value is 0.210. The highest BCUT2D eigenvalue weighted by Gasteiger charge is 2.44. The Morgan fingerprint density at radius 3 is 2.69 bits per heavy atom. The van der Waals surface area contributed by atoms with Crippen molar-refractivity contribution >= 4 is 12.4 Å². The first-order chi connectivity index (χ1) is 5.74. The molecule has 13 heavy (non-hydrogen) atoms. The number of hydrogen-bond acceptors (Lipinski definition) is 2. The van der Waals surface area contributed by atoms with Crippen molar-refractivity contribution < 1.29 is 4.74 Å². The molecule has 0 aromatic heterocycles. The smallest absolute Gasteiger partial charge is 0.0809 e. The van der Waals surface area contributed by atoms with Gasteiger partial charge in [0.1, 0.15) is 0 Å². The van der Waals surface area contributed by atoms with Crippen molar-refractivity contribution in [2.75, 3.05) is 26.2 Å².